The molecule has 1 aromatic carbocycles. The van der Waals surface area contributed by atoms with Gasteiger partial charge in [0.25, 0.3) is 0 Å². The van der Waals surface area contributed by atoms with E-state index in [1.165, 1.54) is 0 Å². The van der Waals surface area contributed by atoms with Crippen molar-refractivity contribution in [2.24, 2.45) is 0 Å². The third kappa shape index (κ3) is 2.94. The number of fused-ring (bicyclic) bond motifs is 1. The van der Waals surface area contributed by atoms with E-state index < -0.39 is 0 Å². The van der Waals surface area contributed by atoms with Crippen molar-refractivity contribution in [2.45, 2.75) is 13.3 Å². The van der Waals surface area contributed by atoms with Gasteiger partial charge in [0.15, 0.2) is 5.58 Å². The minimum Gasteiger partial charge on any atom is -0.494 e. The number of aromatic nitrogens is 1. The van der Waals surface area contributed by atoms with Crippen LogP contribution in [0.2, 0.25) is 0 Å². The molecule has 5 heteroatoms. The molecule has 1 aliphatic heterocycles. The maximum absolute atomic E-state index is 5.54. The largest absolute Gasteiger partial charge is 0.494 e. The minimum absolute atomic E-state index is 0.674. The van der Waals surface area contributed by atoms with Gasteiger partial charge in [0, 0.05) is 44.5 Å². The Hall–Kier alpha value is -1.59. The van der Waals surface area contributed by atoms with Crippen molar-refractivity contribution in [1.82, 2.24) is 15.4 Å². The van der Waals surface area contributed by atoms with Gasteiger partial charge in [-0.1, -0.05) is 5.16 Å². The summed E-state index contributed by atoms with van der Waals surface area (Å²) in [5.41, 5.74) is 1.86. The molecule has 0 atom stereocenters. The molecule has 2 heterocycles. The fourth-order valence-electron chi connectivity index (χ4n) is 2.60. The molecule has 2 aromatic rings. The highest BCUT2D eigenvalue weighted by Crippen LogP contribution is 2.24. The summed E-state index contributed by atoms with van der Waals surface area (Å²) < 4.78 is 10.9. The molecule has 0 bridgehead atoms. The van der Waals surface area contributed by atoms with Crippen molar-refractivity contribution < 1.29 is 9.26 Å². The highest BCUT2D eigenvalue weighted by atomic mass is 16.5. The summed E-state index contributed by atoms with van der Waals surface area (Å²) in [4.78, 5) is 2.46. The molecule has 0 saturated carbocycles. The van der Waals surface area contributed by atoms with Gasteiger partial charge in [0.1, 0.15) is 5.75 Å². The van der Waals surface area contributed by atoms with Gasteiger partial charge in [0.2, 0.25) is 0 Å². The summed E-state index contributed by atoms with van der Waals surface area (Å²) in [6.45, 7) is 8.07. The van der Waals surface area contributed by atoms with Crippen LogP contribution in [0.3, 0.4) is 0 Å². The second-order valence-corrected chi connectivity index (χ2v) is 5.06. The third-order valence-corrected chi connectivity index (χ3v) is 3.70. The van der Waals surface area contributed by atoms with Crippen LogP contribution in [-0.2, 0) is 6.42 Å². The van der Waals surface area contributed by atoms with Crippen LogP contribution in [0.15, 0.2) is 22.7 Å². The number of nitrogens with one attached hydrogen (secondary N) is 1. The highest BCUT2D eigenvalue weighted by molar-refractivity contribution is 5.81. The monoisotopic (exact) mass is 275 g/mol. The first-order valence-electron chi connectivity index (χ1n) is 7.31. The van der Waals surface area contributed by atoms with Crippen molar-refractivity contribution in [3.63, 3.8) is 0 Å². The molecular formula is C15H21N3O2. The van der Waals surface area contributed by atoms with E-state index in [0.29, 0.717) is 6.61 Å². The van der Waals surface area contributed by atoms with Crippen molar-refractivity contribution in [1.29, 1.82) is 0 Å². The summed E-state index contributed by atoms with van der Waals surface area (Å²) in [6.07, 6.45) is 0.919. The maximum Gasteiger partial charge on any atom is 0.167 e. The normalized spacial score (nSPS) is 16.6. The number of nitrogens with zero attached hydrogens (tertiary/aromatic N) is 2. The topological polar surface area (TPSA) is 50.5 Å². The Morgan fingerprint density at radius 3 is 3.00 bits per heavy atom. The molecule has 0 radical (unpaired) electrons. The smallest absolute Gasteiger partial charge is 0.167 e. The van der Waals surface area contributed by atoms with Crippen LogP contribution in [0.5, 0.6) is 5.75 Å². The molecule has 5 nitrogen and oxygen atoms in total. The standard InChI is InChI=1S/C15H21N3O2/c1-2-19-12-3-4-15-13(11-12)14(17-20-15)5-8-18-9-6-16-7-10-18/h3-4,11,16H,2,5-10H2,1H3. The molecule has 3 rings (SSSR count). The Kier molecular flexibility index (Phi) is 4.18. The first kappa shape index (κ1) is 13.4. The molecule has 1 aromatic heterocycles. The summed E-state index contributed by atoms with van der Waals surface area (Å²) in [7, 11) is 0. The second kappa shape index (κ2) is 6.24. The predicted molar refractivity (Wildman–Crippen MR) is 78.2 cm³/mol. The second-order valence-electron chi connectivity index (χ2n) is 5.06. The van der Waals surface area contributed by atoms with E-state index in [1.54, 1.807) is 0 Å². The average Bonchev–Trinajstić information content (AvgIpc) is 2.89. The van der Waals surface area contributed by atoms with E-state index in [2.05, 4.69) is 15.4 Å². The zero-order chi connectivity index (χ0) is 13.8. The zero-order valence-electron chi connectivity index (χ0n) is 11.9. The van der Waals surface area contributed by atoms with Gasteiger partial charge in [-0.3, -0.25) is 0 Å². The van der Waals surface area contributed by atoms with Gasteiger partial charge in [-0.05, 0) is 25.1 Å². The van der Waals surface area contributed by atoms with Crippen LogP contribution < -0.4 is 10.1 Å². The van der Waals surface area contributed by atoms with E-state index in [-0.39, 0.29) is 0 Å². The lowest BCUT2D eigenvalue weighted by molar-refractivity contribution is 0.242. The third-order valence-electron chi connectivity index (χ3n) is 3.70. The lowest BCUT2D eigenvalue weighted by Gasteiger charge is -2.26. The molecule has 0 aliphatic carbocycles. The number of benzene rings is 1. The number of hydrogen-bond acceptors (Lipinski definition) is 5. The minimum atomic E-state index is 0.674. The zero-order valence-corrected chi connectivity index (χ0v) is 11.9. The molecule has 1 fully saturated rings. The van der Waals surface area contributed by atoms with E-state index in [1.807, 2.05) is 25.1 Å². The van der Waals surface area contributed by atoms with E-state index in [0.717, 1.165) is 61.6 Å². The lowest BCUT2D eigenvalue weighted by atomic mass is 10.1. The molecule has 1 saturated heterocycles. The van der Waals surface area contributed by atoms with Gasteiger partial charge in [0.05, 0.1) is 12.3 Å². The number of ether oxygens (including phenoxy) is 1. The Morgan fingerprint density at radius 1 is 1.35 bits per heavy atom. The molecule has 20 heavy (non-hydrogen) atoms. The fraction of sp³-hybridized carbons (Fsp3) is 0.533. The molecule has 0 amide bonds. The summed E-state index contributed by atoms with van der Waals surface area (Å²) in [5, 5.41) is 8.65. The predicted octanol–water partition coefficient (Wildman–Crippen LogP) is 1.67. The van der Waals surface area contributed by atoms with E-state index in [4.69, 9.17) is 9.26 Å². The van der Waals surface area contributed by atoms with Crippen molar-refractivity contribution in [3.05, 3.63) is 23.9 Å². The summed E-state index contributed by atoms with van der Waals surface area (Å²) >= 11 is 0. The Morgan fingerprint density at radius 2 is 2.20 bits per heavy atom. The van der Waals surface area contributed by atoms with Crippen LogP contribution in [0.4, 0.5) is 0 Å². The number of rotatable bonds is 5. The SMILES string of the molecule is CCOc1ccc2onc(CCN3CCNCC3)c2c1. The maximum atomic E-state index is 5.54. The van der Waals surface area contributed by atoms with Gasteiger partial charge in [-0.2, -0.15) is 0 Å². The highest BCUT2D eigenvalue weighted by Gasteiger charge is 2.13. The van der Waals surface area contributed by atoms with Crippen molar-refractivity contribution in [2.75, 3.05) is 39.3 Å². The first-order chi connectivity index (χ1) is 9.86. The Bertz CT molecular complexity index is 561. The van der Waals surface area contributed by atoms with Crippen LogP contribution in [0.1, 0.15) is 12.6 Å². The Labute approximate surface area is 118 Å². The van der Waals surface area contributed by atoms with Crippen LogP contribution in [0.25, 0.3) is 11.0 Å². The molecule has 1 N–H and O–H groups in total. The Balaban J connectivity index is 1.71. The summed E-state index contributed by atoms with van der Waals surface area (Å²) in [5.74, 6) is 0.881. The first-order valence-corrected chi connectivity index (χ1v) is 7.31. The molecular weight excluding hydrogens is 254 g/mol. The average molecular weight is 275 g/mol. The molecule has 0 spiro atoms. The lowest BCUT2D eigenvalue weighted by Crippen LogP contribution is -2.44. The van der Waals surface area contributed by atoms with Gasteiger partial charge in [-0.15, -0.1) is 0 Å². The molecule has 108 valence electrons. The van der Waals surface area contributed by atoms with Crippen LogP contribution in [0, 0.1) is 0 Å². The molecule has 0 unspecified atom stereocenters. The van der Waals surface area contributed by atoms with Crippen molar-refractivity contribution in [3.8, 4) is 5.75 Å². The fourth-order valence-corrected chi connectivity index (χ4v) is 2.60. The quantitative estimate of drug-likeness (QED) is 0.899. The van der Waals surface area contributed by atoms with E-state index >= 15 is 0 Å². The molecule has 1 aliphatic rings. The van der Waals surface area contributed by atoms with Crippen LogP contribution >= 0.6 is 0 Å². The summed E-state index contributed by atoms with van der Waals surface area (Å²) in [6, 6.07) is 5.89. The van der Waals surface area contributed by atoms with Gasteiger partial charge in [-0.25, -0.2) is 0 Å². The van der Waals surface area contributed by atoms with Crippen molar-refractivity contribution >= 4 is 11.0 Å². The van der Waals surface area contributed by atoms with Gasteiger partial charge >= 0.3 is 0 Å². The number of hydrogen-bond donors (Lipinski definition) is 1. The van der Waals surface area contributed by atoms with Gasteiger partial charge < -0.3 is 19.5 Å². The van der Waals surface area contributed by atoms with E-state index in [9.17, 15) is 0 Å². The van der Waals surface area contributed by atoms with Crippen LogP contribution in [-0.4, -0.2) is 49.4 Å². The number of piperazine rings is 1.